The molecule has 0 aliphatic rings. The standard InChI is InChI=1S/C8H12N2O2/c9-6-1-2-7(8(12)5-6)10-3-4-11/h1-2,5,10-12H,3-4,9H2. The number of rotatable bonds is 3. The molecule has 0 aliphatic carbocycles. The minimum atomic E-state index is 0.0316. The number of hydrogen-bond donors (Lipinski definition) is 4. The second-order valence-electron chi connectivity index (χ2n) is 2.43. The molecule has 0 heterocycles. The number of nitrogen functional groups attached to an aromatic ring is 1. The number of nitrogens with one attached hydrogen (secondary N) is 1. The van der Waals surface area contributed by atoms with Crippen LogP contribution in [0.1, 0.15) is 0 Å². The normalized spacial score (nSPS) is 9.75. The van der Waals surface area contributed by atoms with Gasteiger partial charge in [0.15, 0.2) is 0 Å². The van der Waals surface area contributed by atoms with E-state index in [2.05, 4.69) is 5.32 Å². The summed E-state index contributed by atoms with van der Waals surface area (Å²) < 4.78 is 0. The minimum Gasteiger partial charge on any atom is -0.506 e. The zero-order valence-electron chi connectivity index (χ0n) is 6.62. The first kappa shape index (κ1) is 8.67. The maximum atomic E-state index is 9.29. The highest BCUT2D eigenvalue weighted by molar-refractivity contribution is 5.61. The Labute approximate surface area is 70.6 Å². The Kier molecular flexibility index (Phi) is 2.76. The van der Waals surface area contributed by atoms with E-state index in [4.69, 9.17) is 10.8 Å². The highest BCUT2D eigenvalue weighted by Gasteiger charge is 1.98. The van der Waals surface area contributed by atoms with Crippen LogP contribution in [0.4, 0.5) is 11.4 Å². The van der Waals surface area contributed by atoms with Crippen molar-refractivity contribution in [2.24, 2.45) is 0 Å². The molecule has 0 amide bonds. The summed E-state index contributed by atoms with van der Waals surface area (Å²) in [6.07, 6.45) is 0. The molecular weight excluding hydrogens is 156 g/mol. The van der Waals surface area contributed by atoms with E-state index in [-0.39, 0.29) is 12.4 Å². The van der Waals surface area contributed by atoms with Gasteiger partial charge in [-0.25, -0.2) is 0 Å². The van der Waals surface area contributed by atoms with Crippen molar-refractivity contribution in [1.82, 2.24) is 0 Å². The number of nitrogens with two attached hydrogens (primary N) is 1. The molecule has 0 saturated heterocycles. The first-order valence-corrected chi connectivity index (χ1v) is 3.67. The molecule has 4 nitrogen and oxygen atoms in total. The van der Waals surface area contributed by atoms with Gasteiger partial charge in [-0.1, -0.05) is 0 Å². The summed E-state index contributed by atoms with van der Waals surface area (Å²) in [5.74, 6) is 0.100. The lowest BCUT2D eigenvalue weighted by molar-refractivity contribution is 0.311. The van der Waals surface area contributed by atoms with Crippen LogP contribution in [-0.4, -0.2) is 23.4 Å². The van der Waals surface area contributed by atoms with Gasteiger partial charge in [0.05, 0.1) is 12.3 Å². The van der Waals surface area contributed by atoms with Crippen LogP contribution in [0.3, 0.4) is 0 Å². The Balaban J connectivity index is 2.72. The fraction of sp³-hybridized carbons (Fsp3) is 0.250. The molecule has 12 heavy (non-hydrogen) atoms. The van der Waals surface area contributed by atoms with E-state index in [1.165, 1.54) is 6.07 Å². The van der Waals surface area contributed by atoms with Gasteiger partial charge in [0.25, 0.3) is 0 Å². The summed E-state index contributed by atoms with van der Waals surface area (Å²) in [6, 6.07) is 4.81. The third-order valence-corrected chi connectivity index (χ3v) is 1.45. The zero-order valence-corrected chi connectivity index (χ0v) is 6.62. The van der Waals surface area contributed by atoms with Crippen LogP contribution in [0, 0.1) is 0 Å². The van der Waals surface area contributed by atoms with Crippen molar-refractivity contribution < 1.29 is 10.2 Å². The number of benzene rings is 1. The van der Waals surface area contributed by atoms with Crippen LogP contribution in [-0.2, 0) is 0 Å². The monoisotopic (exact) mass is 168 g/mol. The number of aliphatic hydroxyl groups is 1. The van der Waals surface area contributed by atoms with E-state index < -0.39 is 0 Å². The molecule has 1 aromatic carbocycles. The van der Waals surface area contributed by atoms with Crippen molar-refractivity contribution in [3.05, 3.63) is 18.2 Å². The maximum absolute atomic E-state index is 9.29. The first-order chi connectivity index (χ1) is 5.74. The van der Waals surface area contributed by atoms with Crippen LogP contribution in [0.25, 0.3) is 0 Å². The van der Waals surface area contributed by atoms with Crippen molar-refractivity contribution in [2.75, 3.05) is 24.2 Å². The Morgan fingerprint density at radius 2 is 2.17 bits per heavy atom. The van der Waals surface area contributed by atoms with Gasteiger partial charge >= 0.3 is 0 Å². The van der Waals surface area contributed by atoms with Crippen LogP contribution in [0.15, 0.2) is 18.2 Å². The van der Waals surface area contributed by atoms with Crippen LogP contribution in [0.2, 0.25) is 0 Å². The number of phenols is 1. The molecule has 66 valence electrons. The van der Waals surface area contributed by atoms with Crippen LogP contribution < -0.4 is 11.1 Å². The molecule has 0 bridgehead atoms. The predicted molar refractivity (Wildman–Crippen MR) is 48.1 cm³/mol. The lowest BCUT2D eigenvalue weighted by Crippen LogP contribution is -2.05. The molecular formula is C8H12N2O2. The lowest BCUT2D eigenvalue weighted by atomic mass is 10.2. The second kappa shape index (κ2) is 3.82. The van der Waals surface area contributed by atoms with E-state index >= 15 is 0 Å². The summed E-state index contributed by atoms with van der Waals surface area (Å²) in [5, 5.41) is 20.6. The van der Waals surface area contributed by atoms with E-state index in [0.717, 1.165) is 0 Å². The molecule has 0 spiro atoms. The highest BCUT2D eigenvalue weighted by Crippen LogP contribution is 2.24. The summed E-state index contributed by atoms with van der Waals surface area (Å²) in [4.78, 5) is 0. The second-order valence-corrected chi connectivity index (χ2v) is 2.43. The third-order valence-electron chi connectivity index (χ3n) is 1.45. The van der Waals surface area contributed by atoms with E-state index in [0.29, 0.717) is 17.9 Å². The van der Waals surface area contributed by atoms with E-state index in [9.17, 15) is 5.11 Å². The fourth-order valence-electron chi connectivity index (χ4n) is 0.889. The van der Waals surface area contributed by atoms with Gasteiger partial charge in [0, 0.05) is 18.3 Å². The topological polar surface area (TPSA) is 78.5 Å². The molecule has 0 atom stereocenters. The largest absolute Gasteiger partial charge is 0.506 e. The molecule has 4 heteroatoms. The quantitative estimate of drug-likeness (QED) is 0.388. The van der Waals surface area contributed by atoms with E-state index in [1.54, 1.807) is 12.1 Å². The van der Waals surface area contributed by atoms with Gasteiger partial charge in [-0.2, -0.15) is 0 Å². The van der Waals surface area contributed by atoms with Crippen LogP contribution >= 0.6 is 0 Å². The van der Waals surface area contributed by atoms with Crippen molar-refractivity contribution in [3.8, 4) is 5.75 Å². The molecule has 0 fully saturated rings. The summed E-state index contributed by atoms with van der Waals surface area (Å²) in [7, 11) is 0. The molecule has 0 radical (unpaired) electrons. The molecule has 1 rings (SSSR count). The Morgan fingerprint density at radius 1 is 1.42 bits per heavy atom. The molecule has 0 unspecified atom stereocenters. The van der Waals surface area contributed by atoms with Crippen molar-refractivity contribution in [1.29, 1.82) is 0 Å². The van der Waals surface area contributed by atoms with Crippen molar-refractivity contribution >= 4 is 11.4 Å². The van der Waals surface area contributed by atoms with Crippen molar-refractivity contribution in [2.45, 2.75) is 0 Å². The summed E-state index contributed by atoms with van der Waals surface area (Å²) in [5.41, 5.74) is 6.52. The molecule has 5 N–H and O–H groups in total. The summed E-state index contributed by atoms with van der Waals surface area (Å²) in [6.45, 7) is 0.446. The fourth-order valence-corrected chi connectivity index (χ4v) is 0.889. The van der Waals surface area contributed by atoms with Gasteiger partial charge in [-0.3, -0.25) is 0 Å². The molecule has 0 saturated carbocycles. The van der Waals surface area contributed by atoms with Crippen LogP contribution in [0.5, 0.6) is 5.75 Å². The van der Waals surface area contributed by atoms with Crippen molar-refractivity contribution in [3.63, 3.8) is 0 Å². The number of aromatic hydroxyl groups is 1. The number of anilines is 2. The molecule has 1 aromatic rings. The Morgan fingerprint density at radius 3 is 2.75 bits per heavy atom. The van der Waals surface area contributed by atoms with E-state index in [1.807, 2.05) is 0 Å². The number of hydrogen-bond acceptors (Lipinski definition) is 4. The van der Waals surface area contributed by atoms with Gasteiger partial charge < -0.3 is 21.3 Å². The Hall–Kier alpha value is -1.42. The zero-order chi connectivity index (χ0) is 8.97. The predicted octanol–water partition coefficient (Wildman–Crippen LogP) is 0.379. The molecule has 0 aliphatic heterocycles. The first-order valence-electron chi connectivity index (χ1n) is 3.67. The van der Waals surface area contributed by atoms with Gasteiger partial charge in [-0.05, 0) is 12.1 Å². The Bertz CT molecular complexity index is 263. The SMILES string of the molecule is Nc1ccc(NCCO)c(O)c1. The summed E-state index contributed by atoms with van der Waals surface area (Å²) >= 11 is 0. The lowest BCUT2D eigenvalue weighted by Gasteiger charge is -2.06. The average Bonchev–Trinajstić information content (AvgIpc) is 2.03. The minimum absolute atomic E-state index is 0.0316. The maximum Gasteiger partial charge on any atom is 0.140 e. The molecule has 0 aromatic heterocycles. The third kappa shape index (κ3) is 2.03. The average molecular weight is 168 g/mol. The van der Waals surface area contributed by atoms with Gasteiger partial charge in [-0.15, -0.1) is 0 Å². The smallest absolute Gasteiger partial charge is 0.140 e. The number of aliphatic hydroxyl groups excluding tert-OH is 1. The highest BCUT2D eigenvalue weighted by atomic mass is 16.3. The van der Waals surface area contributed by atoms with Gasteiger partial charge in [0.2, 0.25) is 0 Å². The van der Waals surface area contributed by atoms with Gasteiger partial charge in [0.1, 0.15) is 5.75 Å². The number of phenolic OH excluding ortho intramolecular Hbond substituents is 1.